The highest BCUT2D eigenvalue weighted by Crippen LogP contribution is 2.36. The SMILES string of the molecule is CP(C)(=S)c1ccccc1CCC(=O)O. The number of carbonyl (C=O) groups is 1. The Morgan fingerprint density at radius 3 is 2.53 bits per heavy atom. The van der Waals surface area contributed by atoms with Crippen LogP contribution in [0.4, 0.5) is 0 Å². The molecule has 0 unspecified atom stereocenters. The molecule has 1 rings (SSSR count). The molecular formula is C11H15O2PS. The van der Waals surface area contributed by atoms with Crippen molar-refractivity contribution in [1.82, 2.24) is 0 Å². The van der Waals surface area contributed by atoms with Crippen LogP contribution in [-0.4, -0.2) is 24.4 Å². The fraction of sp³-hybridized carbons (Fsp3) is 0.364. The zero-order chi connectivity index (χ0) is 11.5. The van der Waals surface area contributed by atoms with Crippen molar-refractivity contribution in [1.29, 1.82) is 0 Å². The van der Waals surface area contributed by atoms with Gasteiger partial charge < -0.3 is 5.11 Å². The zero-order valence-electron chi connectivity index (χ0n) is 8.93. The molecule has 0 fully saturated rings. The number of aliphatic carboxylic acids is 1. The van der Waals surface area contributed by atoms with E-state index in [-0.39, 0.29) is 6.42 Å². The molecule has 0 spiro atoms. The second kappa shape index (κ2) is 4.91. The topological polar surface area (TPSA) is 37.3 Å². The smallest absolute Gasteiger partial charge is 0.303 e. The molecule has 0 aliphatic carbocycles. The Morgan fingerprint density at radius 1 is 1.40 bits per heavy atom. The van der Waals surface area contributed by atoms with Crippen LogP contribution in [0.3, 0.4) is 0 Å². The Kier molecular flexibility index (Phi) is 4.06. The number of carboxylic acid groups (broad SMARTS) is 1. The van der Waals surface area contributed by atoms with E-state index in [9.17, 15) is 4.79 Å². The number of hydrogen-bond donors (Lipinski definition) is 1. The normalized spacial score (nSPS) is 11.3. The van der Waals surface area contributed by atoms with Gasteiger partial charge in [0.15, 0.2) is 0 Å². The third-order valence-corrected chi connectivity index (χ3v) is 4.37. The average molecular weight is 242 g/mol. The minimum Gasteiger partial charge on any atom is -0.481 e. The summed E-state index contributed by atoms with van der Waals surface area (Å²) in [7, 11) is 0. The molecule has 2 nitrogen and oxygen atoms in total. The van der Waals surface area contributed by atoms with E-state index in [4.69, 9.17) is 16.9 Å². The number of benzene rings is 1. The Morgan fingerprint density at radius 2 is 2.00 bits per heavy atom. The van der Waals surface area contributed by atoms with Crippen molar-refractivity contribution in [2.75, 3.05) is 13.3 Å². The van der Waals surface area contributed by atoms with Crippen LogP contribution >= 0.6 is 6.04 Å². The number of hydrogen-bond acceptors (Lipinski definition) is 2. The predicted octanol–water partition coefficient (Wildman–Crippen LogP) is 2.07. The Bertz CT molecular complexity index is 409. The fourth-order valence-corrected chi connectivity index (χ4v) is 3.35. The van der Waals surface area contributed by atoms with Crippen LogP contribution in [-0.2, 0) is 23.0 Å². The molecule has 0 aliphatic rings. The first-order chi connectivity index (χ1) is 6.91. The molecule has 0 amide bonds. The minimum atomic E-state index is -1.48. The van der Waals surface area contributed by atoms with Crippen LogP contribution < -0.4 is 5.30 Å². The summed E-state index contributed by atoms with van der Waals surface area (Å²) in [5.41, 5.74) is 1.09. The Labute approximate surface area is 95.3 Å². The molecule has 0 aromatic heterocycles. The summed E-state index contributed by atoms with van der Waals surface area (Å²) in [6, 6.07) is 6.43. The molecule has 1 aromatic rings. The summed E-state index contributed by atoms with van der Waals surface area (Å²) >= 11 is 5.48. The zero-order valence-corrected chi connectivity index (χ0v) is 10.6. The van der Waals surface area contributed by atoms with Crippen molar-refractivity contribution < 1.29 is 9.90 Å². The van der Waals surface area contributed by atoms with Gasteiger partial charge in [0.25, 0.3) is 0 Å². The van der Waals surface area contributed by atoms with E-state index in [0.29, 0.717) is 6.42 Å². The maximum absolute atomic E-state index is 10.5. The van der Waals surface area contributed by atoms with Gasteiger partial charge >= 0.3 is 5.97 Å². The average Bonchev–Trinajstić information content (AvgIpc) is 2.13. The molecule has 0 atom stereocenters. The fourth-order valence-electron chi connectivity index (χ4n) is 1.49. The molecule has 4 heteroatoms. The van der Waals surface area contributed by atoms with Crippen LogP contribution in [0, 0.1) is 0 Å². The van der Waals surface area contributed by atoms with Crippen LogP contribution in [0.2, 0.25) is 0 Å². The third-order valence-electron chi connectivity index (χ3n) is 2.18. The molecule has 0 aliphatic heterocycles. The summed E-state index contributed by atoms with van der Waals surface area (Å²) < 4.78 is 0. The molecule has 1 N–H and O–H groups in total. The number of carboxylic acids is 1. The van der Waals surface area contributed by atoms with Gasteiger partial charge in [-0.25, -0.2) is 0 Å². The lowest BCUT2D eigenvalue weighted by atomic mass is 10.1. The van der Waals surface area contributed by atoms with Gasteiger partial charge in [0.05, 0.1) is 0 Å². The summed E-state index contributed by atoms with van der Waals surface area (Å²) in [6.45, 7) is 4.14. The molecule has 0 heterocycles. The summed E-state index contributed by atoms with van der Waals surface area (Å²) in [5.74, 6) is -0.759. The van der Waals surface area contributed by atoms with Crippen molar-refractivity contribution in [3.05, 3.63) is 29.8 Å². The largest absolute Gasteiger partial charge is 0.481 e. The molecule has 0 radical (unpaired) electrons. The molecule has 0 saturated carbocycles. The van der Waals surface area contributed by atoms with Gasteiger partial charge in [-0.2, -0.15) is 0 Å². The highest BCUT2D eigenvalue weighted by molar-refractivity contribution is 8.17. The molecule has 82 valence electrons. The van der Waals surface area contributed by atoms with Gasteiger partial charge in [0.2, 0.25) is 0 Å². The van der Waals surface area contributed by atoms with E-state index in [1.165, 1.54) is 5.30 Å². The number of rotatable bonds is 4. The number of aryl methyl sites for hydroxylation is 1. The minimum absolute atomic E-state index is 0.173. The maximum Gasteiger partial charge on any atom is 0.303 e. The summed E-state index contributed by atoms with van der Waals surface area (Å²) in [6.07, 6.45) is 0.748. The van der Waals surface area contributed by atoms with Gasteiger partial charge in [0.1, 0.15) is 0 Å². The maximum atomic E-state index is 10.5. The molecule has 1 aromatic carbocycles. The van der Waals surface area contributed by atoms with E-state index in [1.54, 1.807) is 0 Å². The summed E-state index contributed by atoms with van der Waals surface area (Å²) in [5, 5.41) is 9.82. The van der Waals surface area contributed by atoms with Crippen molar-refractivity contribution in [2.24, 2.45) is 0 Å². The van der Waals surface area contributed by atoms with Gasteiger partial charge in [-0.05, 0) is 36.7 Å². The monoisotopic (exact) mass is 242 g/mol. The van der Waals surface area contributed by atoms with Crippen LogP contribution in [0.25, 0.3) is 0 Å². The highest BCUT2D eigenvalue weighted by Gasteiger charge is 2.11. The first kappa shape index (κ1) is 12.4. The van der Waals surface area contributed by atoms with Crippen molar-refractivity contribution in [3.63, 3.8) is 0 Å². The highest BCUT2D eigenvalue weighted by atomic mass is 32.4. The van der Waals surface area contributed by atoms with Crippen molar-refractivity contribution in [2.45, 2.75) is 12.8 Å². The molecule has 0 saturated heterocycles. The molecule has 15 heavy (non-hydrogen) atoms. The van der Waals surface area contributed by atoms with Gasteiger partial charge in [-0.3, -0.25) is 4.79 Å². The third kappa shape index (κ3) is 3.77. The van der Waals surface area contributed by atoms with Gasteiger partial charge in [-0.15, -0.1) is 0 Å². The second-order valence-electron chi connectivity index (χ2n) is 3.87. The van der Waals surface area contributed by atoms with E-state index in [1.807, 2.05) is 24.3 Å². The standard InChI is InChI=1S/C11H15O2PS/c1-14(2,15)10-6-4-3-5-9(10)7-8-11(12)13/h3-6H,7-8H2,1-2H3,(H,12,13). The predicted molar refractivity (Wildman–Crippen MR) is 68.2 cm³/mol. The lowest BCUT2D eigenvalue weighted by molar-refractivity contribution is -0.136. The quantitative estimate of drug-likeness (QED) is 0.821. The van der Waals surface area contributed by atoms with Gasteiger partial charge in [-0.1, -0.05) is 36.1 Å². The lowest BCUT2D eigenvalue weighted by Gasteiger charge is -2.15. The summed E-state index contributed by atoms with van der Waals surface area (Å²) in [4.78, 5) is 10.5. The van der Waals surface area contributed by atoms with E-state index < -0.39 is 12.0 Å². The van der Waals surface area contributed by atoms with Crippen LogP contribution in [0.15, 0.2) is 24.3 Å². The van der Waals surface area contributed by atoms with E-state index in [0.717, 1.165) is 5.56 Å². The Hall–Kier alpha value is -0.660. The van der Waals surface area contributed by atoms with Gasteiger partial charge in [0, 0.05) is 6.42 Å². The van der Waals surface area contributed by atoms with Crippen LogP contribution in [0.1, 0.15) is 12.0 Å². The Balaban J connectivity index is 2.97. The van der Waals surface area contributed by atoms with Crippen molar-refractivity contribution in [3.8, 4) is 0 Å². The van der Waals surface area contributed by atoms with E-state index >= 15 is 0 Å². The van der Waals surface area contributed by atoms with Crippen molar-refractivity contribution >= 4 is 29.1 Å². The first-order valence-electron chi connectivity index (χ1n) is 4.76. The van der Waals surface area contributed by atoms with E-state index in [2.05, 4.69) is 13.3 Å². The molecule has 0 bridgehead atoms. The lowest BCUT2D eigenvalue weighted by Crippen LogP contribution is -2.11. The van der Waals surface area contributed by atoms with Crippen LogP contribution in [0.5, 0.6) is 0 Å². The first-order valence-corrected chi connectivity index (χ1v) is 8.46. The second-order valence-corrected chi connectivity index (χ2v) is 9.80. The molecular weight excluding hydrogens is 227 g/mol.